The summed E-state index contributed by atoms with van der Waals surface area (Å²) >= 11 is 2.24. The number of halogens is 1. The van der Waals surface area contributed by atoms with Gasteiger partial charge in [0, 0.05) is 20.9 Å². The normalized spacial score (nSPS) is 10.3. The summed E-state index contributed by atoms with van der Waals surface area (Å²) in [4.78, 5) is 12.4. The minimum absolute atomic E-state index is 0.127. The Hall–Kier alpha value is -2.34. The van der Waals surface area contributed by atoms with Crippen LogP contribution >= 0.6 is 22.6 Å². The molecule has 0 heterocycles. The fraction of sp³-hybridized carbons (Fsp3) is 0.0952. The summed E-state index contributed by atoms with van der Waals surface area (Å²) in [5.74, 6) is 0.596. The third kappa shape index (κ3) is 4.82. The molecule has 0 radical (unpaired) electrons. The van der Waals surface area contributed by atoms with Gasteiger partial charge in [0.2, 0.25) is 0 Å². The maximum atomic E-state index is 12.4. The van der Waals surface area contributed by atoms with E-state index in [1.807, 2.05) is 79.7 Å². The lowest BCUT2D eigenvalue weighted by atomic mass is 10.1. The molecule has 126 valence electrons. The fourth-order valence-electron chi connectivity index (χ4n) is 2.34. The molecule has 0 aliphatic carbocycles. The second-order valence-electron chi connectivity index (χ2n) is 5.72. The van der Waals surface area contributed by atoms with Gasteiger partial charge in [-0.25, -0.2) is 0 Å². The van der Waals surface area contributed by atoms with Crippen LogP contribution in [0.1, 0.15) is 21.5 Å². The molecule has 1 amide bonds. The molecule has 0 saturated heterocycles. The van der Waals surface area contributed by atoms with Gasteiger partial charge in [0.15, 0.2) is 0 Å². The summed E-state index contributed by atoms with van der Waals surface area (Å²) in [5, 5.41) is 2.92. The molecule has 0 aromatic heterocycles. The van der Waals surface area contributed by atoms with Crippen molar-refractivity contribution in [1.82, 2.24) is 0 Å². The van der Waals surface area contributed by atoms with E-state index in [1.54, 1.807) is 0 Å². The van der Waals surface area contributed by atoms with Crippen molar-refractivity contribution in [3.8, 4) is 5.75 Å². The summed E-state index contributed by atoms with van der Waals surface area (Å²) in [7, 11) is 0. The van der Waals surface area contributed by atoms with Gasteiger partial charge in [0.25, 0.3) is 5.91 Å². The van der Waals surface area contributed by atoms with E-state index in [4.69, 9.17) is 4.74 Å². The molecule has 1 N–H and O–H groups in total. The summed E-state index contributed by atoms with van der Waals surface area (Å²) in [5.41, 5.74) is 3.62. The van der Waals surface area contributed by atoms with E-state index in [0.29, 0.717) is 17.9 Å². The molecule has 0 fully saturated rings. The van der Waals surface area contributed by atoms with Crippen LogP contribution in [0, 0.1) is 10.5 Å². The van der Waals surface area contributed by atoms with Gasteiger partial charge in [0.05, 0.1) is 0 Å². The summed E-state index contributed by atoms with van der Waals surface area (Å²) in [6.07, 6.45) is 0. The number of rotatable bonds is 5. The molecule has 0 saturated carbocycles. The Balaban J connectivity index is 1.66. The third-order valence-corrected chi connectivity index (χ3v) is 4.94. The molecule has 3 rings (SSSR count). The van der Waals surface area contributed by atoms with Crippen LogP contribution in [0.5, 0.6) is 5.75 Å². The van der Waals surface area contributed by atoms with Crippen molar-refractivity contribution in [1.29, 1.82) is 0 Å². The maximum Gasteiger partial charge on any atom is 0.255 e. The highest BCUT2D eigenvalue weighted by atomic mass is 127. The monoisotopic (exact) mass is 443 g/mol. The number of hydrogen-bond donors (Lipinski definition) is 1. The number of ether oxygens (including phenoxy) is 1. The molecular weight excluding hydrogens is 425 g/mol. The van der Waals surface area contributed by atoms with Crippen molar-refractivity contribution < 1.29 is 9.53 Å². The lowest BCUT2D eigenvalue weighted by Crippen LogP contribution is -2.12. The Bertz CT molecular complexity index is 878. The van der Waals surface area contributed by atoms with E-state index in [2.05, 4.69) is 27.9 Å². The van der Waals surface area contributed by atoms with Crippen molar-refractivity contribution >= 4 is 34.2 Å². The van der Waals surface area contributed by atoms with Gasteiger partial charge in [-0.05, 0) is 64.9 Å². The third-order valence-electron chi connectivity index (χ3n) is 3.77. The smallest absolute Gasteiger partial charge is 0.255 e. The average molecular weight is 443 g/mol. The predicted octanol–water partition coefficient (Wildman–Crippen LogP) is 5.43. The second kappa shape index (κ2) is 8.16. The number of aryl methyl sites for hydroxylation is 1. The highest BCUT2D eigenvalue weighted by Gasteiger charge is 2.08. The lowest BCUT2D eigenvalue weighted by Gasteiger charge is -2.10. The molecule has 0 unspecified atom stereocenters. The van der Waals surface area contributed by atoms with Gasteiger partial charge in [-0.2, -0.15) is 0 Å². The number of amides is 1. The second-order valence-corrected chi connectivity index (χ2v) is 6.88. The zero-order valence-corrected chi connectivity index (χ0v) is 16.0. The molecule has 0 atom stereocenters. The highest BCUT2D eigenvalue weighted by Crippen LogP contribution is 2.20. The van der Waals surface area contributed by atoms with E-state index in [-0.39, 0.29) is 5.91 Å². The van der Waals surface area contributed by atoms with Crippen molar-refractivity contribution in [3.63, 3.8) is 0 Å². The first-order chi connectivity index (χ1) is 12.1. The largest absolute Gasteiger partial charge is 0.489 e. The first-order valence-corrected chi connectivity index (χ1v) is 9.04. The Morgan fingerprint density at radius 1 is 1.00 bits per heavy atom. The zero-order valence-electron chi connectivity index (χ0n) is 13.8. The molecule has 0 aliphatic heterocycles. The minimum Gasteiger partial charge on any atom is -0.489 e. The molecule has 25 heavy (non-hydrogen) atoms. The van der Waals surface area contributed by atoms with Crippen LogP contribution in [-0.2, 0) is 6.61 Å². The summed E-state index contributed by atoms with van der Waals surface area (Å²) < 4.78 is 6.88. The van der Waals surface area contributed by atoms with Crippen LogP contribution in [0.15, 0.2) is 72.8 Å². The quantitative estimate of drug-likeness (QED) is 0.534. The Kier molecular flexibility index (Phi) is 5.71. The van der Waals surface area contributed by atoms with Gasteiger partial charge in [-0.1, -0.05) is 42.5 Å². The van der Waals surface area contributed by atoms with E-state index in [9.17, 15) is 4.79 Å². The van der Waals surface area contributed by atoms with Gasteiger partial charge in [-0.3, -0.25) is 4.79 Å². The van der Waals surface area contributed by atoms with E-state index in [0.717, 1.165) is 20.4 Å². The maximum absolute atomic E-state index is 12.4. The van der Waals surface area contributed by atoms with Crippen LogP contribution < -0.4 is 10.1 Å². The van der Waals surface area contributed by atoms with E-state index < -0.39 is 0 Å². The Labute approximate surface area is 161 Å². The molecule has 0 bridgehead atoms. The number of hydrogen-bond acceptors (Lipinski definition) is 2. The number of carbonyl (C=O) groups is 1. The first-order valence-electron chi connectivity index (χ1n) is 7.96. The molecule has 4 heteroatoms. The average Bonchev–Trinajstić information content (AvgIpc) is 2.63. The van der Waals surface area contributed by atoms with Gasteiger partial charge >= 0.3 is 0 Å². The molecule has 0 aliphatic rings. The van der Waals surface area contributed by atoms with Gasteiger partial charge in [-0.15, -0.1) is 0 Å². The van der Waals surface area contributed by atoms with Crippen molar-refractivity contribution in [3.05, 3.63) is 93.1 Å². The number of nitrogens with one attached hydrogen (secondary N) is 1. The number of benzene rings is 3. The van der Waals surface area contributed by atoms with Crippen LogP contribution in [0.2, 0.25) is 0 Å². The standard InChI is InChI=1S/C21H18INO2/c1-15-10-11-17(12-20(15)22)21(24)23-18-8-5-9-19(13-18)25-14-16-6-3-2-4-7-16/h2-13H,14H2,1H3,(H,23,24). The number of carbonyl (C=O) groups excluding carboxylic acids is 1. The Morgan fingerprint density at radius 3 is 2.56 bits per heavy atom. The lowest BCUT2D eigenvalue weighted by molar-refractivity contribution is 0.102. The van der Waals surface area contributed by atoms with E-state index in [1.165, 1.54) is 0 Å². The first kappa shape index (κ1) is 17.5. The van der Waals surface area contributed by atoms with Crippen LogP contribution in [0.4, 0.5) is 5.69 Å². The summed E-state index contributed by atoms with van der Waals surface area (Å²) in [6.45, 7) is 2.52. The minimum atomic E-state index is -0.127. The molecule has 3 aromatic rings. The van der Waals surface area contributed by atoms with Crippen LogP contribution in [0.25, 0.3) is 0 Å². The van der Waals surface area contributed by atoms with Crippen molar-refractivity contribution in [2.24, 2.45) is 0 Å². The summed E-state index contributed by atoms with van der Waals surface area (Å²) in [6, 6.07) is 23.1. The number of anilines is 1. The highest BCUT2D eigenvalue weighted by molar-refractivity contribution is 14.1. The molecular formula is C21H18INO2. The van der Waals surface area contributed by atoms with Gasteiger partial charge < -0.3 is 10.1 Å². The SMILES string of the molecule is Cc1ccc(C(=O)Nc2cccc(OCc3ccccc3)c2)cc1I. The molecule has 3 aromatic carbocycles. The van der Waals surface area contributed by atoms with Crippen molar-refractivity contribution in [2.45, 2.75) is 13.5 Å². The van der Waals surface area contributed by atoms with Crippen LogP contribution in [0.3, 0.4) is 0 Å². The molecule has 0 spiro atoms. The van der Waals surface area contributed by atoms with Gasteiger partial charge in [0.1, 0.15) is 12.4 Å². The predicted molar refractivity (Wildman–Crippen MR) is 109 cm³/mol. The van der Waals surface area contributed by atoms with Crippen molar-refractivity contribution in [2.75, 3.05) is 5.32 Å². The zero-order chi connectivity index (χ0) is 17.6. The van der Waals surface area contributed by atoms with Crippen LogP contribution in [-0.4, -0.2) is 5.91 Å². The Morgan fingerprint density at radius 2 is 1.80 bits per heavy atom. The molecule has 3 nitrogen and oxygen atoms in total. The topological polar surface area (TPSA) is 38.3 Å². The van der Waals surface area contributed by atoms with E-state index >= 15 is 0 Å². The fourth-order valence-corrected chi connectivity index (χ4v) is 2.86.